The van der Waals surface area contributed by atoms with Crippen LogP contribution in [0.2, 0.25) is 0 Å². The molecule has 0 unspecified atom stereocenters. The first-order chi connectivity index (χ1) is 9.95. The maximum atomic E-state index is 12.0. The van der Waals surface area contributed by atoms with Crippen LogP contribution in [0.1, 0.15) is 28.5 Å². The monoisotopic (exact) mass is 320 g/mol. The van der Waals surface area contributed by atoms with Gasteiger partial charge < -0.3 is 0 Å². The van der Waals surface area contributed by atoms with E-state index >= 15 is 0 Å². The van der Waals surface area contributed by atoms with E-state index < -0.39 is 10.0 Å². The zero-order valence-electron chi connectivity index (χ0n) is 11.9. The Morgan fingerprint density at radius 2 is 2.10 bits per heavy atom. The van der Waals surface area contributed by atoms with E-state index in [0.29, 0.717) is 6.42 Å². The first-order valence-corrected chi connectivity index (χ1v) is 9.35. The Bertz CT molecular complexity index is 780. The summed E-state index contributed by atoms with van der Waals surface area (Å²) in [6.07, 6.45) is 1.81. The fraction of sp³-hybridized carbons (Fsp3) is 0.267. The number of sulfonamides is 1. The Morgan fingerprint density at radius 3 is 2.71 bits per heavy atom. The molecular weight excluding hydrogens is 304 g/mol. The molecule has 0 spiro atoms. The van der Waals surface area contributed by atoms with Crippen LogP contribution >= 0.6 is 11.3 Å². The molecule has 4 nitrogen and oxygen atoms in total. The van der Waals surface area contributed by atoms with E-state index in [1.807, 2.05) is 48.7 Å². The molecule has 0 saturated heterocycles. The molecule has 0 amide bonds. The van der Waals surface area contributed by atoms with Gasteiger partial charge in [0.1, 0.15) is 0 Å². The van der Waals surface area contributed by atoms with Gasteiger partial charge >= 0.3 is 0 Å². The lowest BCUT2D eigenvalue weighted by Gasteiger charge is -2.21. The van der Waals surface area contributed by atoms with Crippen LogP contribution in [-0.2, 0) is 10.0 Å². The van der Waals surface area contributed by atoms with Crippen LogP contribution in [0.25, 0.3) is 0 Å². The lowest BCUT2D eigenvalue weighted by atomic mass is 10.0. The van der Waals surface area contributed by atoms with Crippen LogP contribution < -0.4 is 0 Å². The highest BCUT2D eigenvalue weighted by Gasteiger charge is 2.34. The number of thiophene rings is 1. The fourth-order valence-electron chi connectivity index (χ4n) is 2.51. The summed E-state index contributed by atoms with van der Waals surface area (Å²) >= 11 is 1.58. The average Bonchev–Trinajstić information content (AvgIpc) is 3.07. The number of hydrogen-bond acceptors (Lipinski definition) is 4. The Kier molecular flexibility index (Phi) is 3.59. The maximum Gasteiger partial charge on any atom is 0.247 e. The third-order valence-electron chi connectivity index (χ3n) is 3.44. The summed E-state index contributed by atoms with van der Waals surface area (Å²) in [5.41, 5.74) is 2.93. The van der Waals surface area contributed by atoms with Gasteiger partial charge in [0.2, 0.25) is 10.0 Å². The largest absolute Gasteiger partial charge is 0.247 e. The maximum absolute atomic E-state index is 12.0. The van der Waals surface area contributed by atoms with Gasteiger partial charge in [0.15, 0.2) is 0 Å². The quantitative estimate of drug-likeness (QED) is 0.872. The Hall–Kier alpha value is -1.66. The second kappa shape index (κ2) is 5.27. The van der Waals surface area contributed by atoms with E-state index in [-0.39, 0.29) is 6.04 Å². The molecule has 110 valence electrons. The Labute approximate surface area is 128 Å². The third kappa shape index (κ3) is 2.87. The van der Waals surface area contributed by atoms with E-state index in [4.69, 9.17) is 0 Å². The van der Waals surface area contributed by atoms with Gasteiger partial charge in [-0.15, -0.1) is 11.3 Å². The summed E-state index contributed by atoms with van der Waals surface area (Å²) in [7, 11) is -3.39. The van der Waals surface area contributed by atoms with Crippen molar-refractivity contribution in [1.82, 2.24) is 4.41 Å². The van der Waals surface area contributed by atoms with Crippen molar-refractivity contribution in [2.24, 2.45) is 5.10 Å². The Morgan fingerprint density at radius 1 is 1.29 bits per heavy atom. The first-order valence-electron chi connectivity index (χ1n) is 6.62. The minimum absolute atomic E-state index is 0.253. The van der Waals surface area contributed by atoms with Crippen molar-refractivity contribution in [2.75, 3.05) is 6.26 Å². The van der Waals surface area contributed by atoms with Crippen molar-refractivity contribution in [3.05, 3.63) is 57.8 Å². The van der Waals surface area contributed by atoms with Crippen LogP contribution in [0.3, 0.4) is 0 Å². The standard InChI is InChI=1S/C15H16N2O2S2/c1-11-5-3-6-12(9-11)14-10-13(15-7-4-8-20-15)16-17(14)21(2,18)19/h3-9,14H,10H2,1-2H3/t14-/m0/s1. The minimum Gasteiger partial charge on any atom is -0.205 e. The first kappa shape index (κ1) is 14.3. The lowest BCUT2D eigenvalue weighted by molar-refractivity contribution is 0.374. The van der Waals surface area contributed by atoms with E-state index in [2.05, 4.69) is 5.10 Å². The second-order valence-corrected chi connectivity index (χ2v) is 7.98. The molecule has 1 aromatic heterocycles. The normalized spacial score (nSPS) is 18.9. The smallest absolute Gasteiger partial charge is 0.205 e. The van der Waals surface area contributed by atoms with Crippen molar-refractivity contribution in [3.63, 3.8) is 0 Å². The molecular formula is C15H16N2O2S2. The summed E-state index contributed by atoms with van der Waals surface area (Å²) in [6, 6.07) is 11.6. The molecule has 0 N–H and O–H groups in total. The predicted octanol–water partition coefficient (Wildman–Crippen LogP) is 3.17. The lowest BCUT2D eigenvalue weighted by Crippen LogP contribution is -2.25. The van der Waals surface area contributed by atoms with Crippen LogP contribution in [0.4, 0.5) is 0 Å². The third-order valence-corrected chi connectivity index (χ3v) is 5.38. The van der Waals surface area contributed by atoms with Gasteiger partial charge in [-0.1, -0.05) is 35.9 Å². The topological polar surface area (TPSA) is 49.7 Å². The van der Waals surface area contributed by atoms with Crippen LogP contribution in [0.5, 0.6) is 0 Å². The zero-order valence-corrected chi connectivity index (χ0v) is 13.5. The van der Waals surface area contributed by atoms with Crippen LogP contribution in [0, 0.1) is 6.92 Å². The number of nitrogens with zero attached hydrogens (tertiary/aromatic N) is 2. The van der Waals surface area contributed by atoms with E-state index in [9.17, 15) is 8.42 Å². The molecule has 3 rings (SSSR count). The van der Waals surface area contributed by atoms with Crippen molar-refractivity contribution >= 4 is 27.1 Å². The number of rotatable bonds is 3. The molecule has 0 saturated carbocycles. The van der Waals surface area contributed by atoms with Gasteiger partial charge in [-0.25, -0.2) is 8.42 Å². The van der Waals surface area contributed by atoms with E-state index in [1.165, 1.54) is 10.7 Å². The molecule has 21 heavy (non-hydrogen) atoms. The molecule has 1 aromatic carbocycles. The summed E-state index contributed by atoms with van der Waals surface area (Å²) < 4.78 is 25.3. The molecule has 1 aliphatic heterocycles. The summed E-state index contributed by atoms with van der Waals surface area (Å²) in [5, 5.41) is 6.34. The van der Waals surface area contributed by atoms with Crippen molar-refractivity contribution in [1.29, 1.82) is 0 Å². The second-order valence-electron chi connectivity index (χ2n) is 5.19. The van der Waals surface area contributed by atoms with Gasteiger partial charge in [-0.2, -0.15) is 9.52 Å². The molecule has 0 bridgehead atoms. The average molecular weight is 320 g/mol. The van der Waals surface area contributed by atoms with Gasteiger partial charge in [-0.3, -0.25) is 0 Å². The number of hydrogen-bond donors (Lipinski definition) is 0. The predicted molar refractivity (Wildman–Crippen MR) is 86.1 cm³/mol. The van der Waals surface area contributed by atoms with Gasteiger partial charge in [0.05, 0.1) is 22.9 Å². The number of hydrazone groups is 1. The van der Waals surface area contributed by atoms with Gasteiger partial charge in [0, 0.05) is 6.42 Å². The van der Waals surface area contributed by atoms with E-state index in [1.54, 1.807) is 11.3 Å². The summed E-state index contributed by atoms with van der Waals surface area (Å²) in [6.45, 7) is 2.00. The summed E-state index contributed by atoms with van der Waals surface area (Å²) in [4.78, 5) is 1.03. The highest BCUT2D eigenvalue weighted by atomic mass is 32.2. The van der Waals surface area contributed by atoms with Crippen LogP contribution in [-0.4, -0.2) is 24.8 Å². The van der Waals surface area contributed by atoms with E-state index in [0.717, 1.165) is 21.7 Å². The molecule has 2 aromatic rings. The molecule has 1 atom stereocenters. The van der Waals surface area contributed by atoms with Crippen molar-refractivity contribution in [2.45, 2.75) is 19.4 Å². The van der Waals surface area contributed by atoms with Crippen molar-refractivity contribution in [3.8, 4) is 0 Å². The SMILES string of the molecule is Cc1cccc([C@@H]2CC(c3cccs3)=NN2S(C)(=O)=O)c1. The molecule has 6 heteroatoms. The molecule has 0 aliphatic carbocycles. The number of aryl methyl sites for hydroxylation is 1. The van der Waals surface area contributed by atoms with Crippen molar-refractivity contribution < 1.29 is 8.42 Å². The molecule has 0 fully saturated rings. The molecule has 0 radical (unpaired) electrons. The van der Waals surface area contributed by atoms with Crippen LogP contribution in [0.15, 0.2) is 46.9 Å². The highest BCUT2D eigenvalue weighted by molar-refractivity contribution is 7.88. The minimum atomic E-state index is -3.39. The Balaban J connectivity index is 2.02. The highest BCUT2D eigenvalue weighted by Crippen LogP contribution is 2.35. The number of benzene rings is 1. The van der Waals surface area contributed by atoms with Gasteiger partial charge in [0.25, 0.3) is 0 Å². The van der Waals surface area contributed by atoms with Gasteiger partial charge in [-0.05, 0) is 23.9 Å². The molecule has 1 aliphatic rings. The zero-order chi connectivity index (χ0) is 15.0. The fourth-order valence-corrected chi connectivity index (χ4v) is 4.14. The summed E-state index contributed by atoms with van der Waals surface area (Å²) in [5.74, 6) is 0. The molecule has 2 heterocycles.